The topological polar surface area (TPSA) is 78.4 Å². The summed E-state index contributed by atoms with van der Waals surface area (Å²) < 4.78 is 0. The molecule has 2 fully saturated rings. The number of carbonyl (C=O) groups excluding carboxylic acids is 1. The van der Waals surface area contributed by atoms with Crippen molar-refractivity contribution in [3.63, 3.8) is 0 Å². The van der Waals surface area contributed by atoms with E-state index in [1.54, 1.807) is 18.4 Å². The van der Waals surface area contributed by atoms with Gasteiger partial charge in [-0.25, -0.2) is 4.98 Å². The SMILES string of the molecule is CN=C(NCCc1sc(C)nc1C)NC1CCCC(C(=O)NC2CC2)C1. The fourth-order valence-electron chi connectivity index (χ4n) is 3.59. The molecule has 2 aliphatic rings. The quantitative estimate of drug-likeness (QED) is 0.525. The molecular formula is C19H31N5OS. The number of hydrogen-bond donors (Lipinski definition) is 3. The van der Waals surface area contributed by atoms with Gasteiger partial charge in [0.1, 0.15) is 0 Å². The van der Waals surface area contributed by atoms with Crippen LogP contribution in [0.15, 0.2) is 4.99 Å². The Hall–Kier alpha value is -1.63. The monoisotopic (exact) mass is 377 g/mol. The Morgan fingerprint density at radius 1 is 1.19 bits per heavy atom. The first kappa shape index (κ1) is 19.1. The van der Waals surface area contributed by atoms with E-state index in [9.17, 15) is 4.79 Å². The van der Waals surface area contributed by atoms with Crippen LogP contribution in [-0.2, 0) is 11.2 Å². The maximum Gasteiger partial charge on any atom is 0.223 e. The van der Waals surface area contributed by atoms with Crippen LogP contribution in [0.2, 0.25) is 0 Å². The minimum atomic E-state index is 0.141. The smallest absolute Gasteiger partial charge is 0.223 e. The van der Waals surface area contributed by atoms with Crippen LogP contribution in [0, 0.1) is 19.8 Å². The van der Waals surface area contributed by atoms with E-state index in [4.69, 9.17) is 0 Å². The number of guanidine groups is 1. The van der Waals surface area contributed by atoms with Gasteiger partial charge in [0.2, 0.25) is 5.91 Å². The van der Waals surface area contributed by atoms with Crippen molar-refractivity contribution in [3.05, 3.63) is 15.6 Å². The molecule has 0 aliphatic heterocycles. The molecule has 0 bridgehead atoms. The zero-order valence-electron chi connectivity index (χ0n) is 16.1. The Kier molecular flexibility index (Phi) is 6.51. The predicted molar refractivity (Wildman–Crippen MR) is 107 cm³/mol. The number of aliphatic imine (C=N–C) groups is 1. The van der Waals surface area contributed by atoms with Crippen molar-refractivity contribution in [3.8, 4) is 0 Å². The van der Waals surface area contributed by atoms with E-state index in [0.717, 1.165) is 68.2 Å². The summed E-state index contributed by atoms with van der Waals surface area (Å²) in [5, 5.41) is 11.2. The van der Waals surface area contributed by atoms with E-state index in [-0.39, 0.29) is 11.8 Å². The van der Waals surface area contributed by atoms with E-state index >= 15 is 0 Å². The standard InChI is InChI=1S/C19H31N5OS/c1-12-17(26-13(2)22-12)9-10-21-19(20-3)24-16-6-4-5-14(11-16)18(25)23-15-7-8-15/h14-16H,4-11H2,1-3H3,(H,23,25)(H2,20,21,24). The van der Waals surface area contributed by atoms with Crippen LogP contribution in [0.25, 0.3) is 0 Å². The molecular weight excluding hydrogens is 346 g/mol. The van der Waals surface area contributed by atoms with Crippen molar-refractivity contribution in [1.82, 2.24) is 20.9 Å². The van der Waals surface area contributed by atoms with Crippen molar-refractivity contribution in [1.29, 1.82) is 0 Å². The van der Waals surface area contributed by atoms with Gasteiger partial charge in [-0.2, -0.15) is 0 Å². The van der Waals surface area contributed by atoms with Crippen molar-refractivity contribution < 1.29 is 4.79 Å². The summed E-state index contributed by atoms with van der Waals surface area (Å²) in [6, 6.07) is 0.765. The van der Waals surface area contributed by atoms with Gasteiger partial charge in [-0.15, -0.1) is 11.3 Å². The molecule has 7 heteroatoms. The Bertz CT molecular complexity index is 652. The van der Waals surface area contributed by atoms with E-state index in [0.29, 0.717) is 12.1 Å². The van der Waals surface area contributed by atoms with Crippen molar-refractivity contribution in [2.24, 2.45) is 10.9 Å². The third-order valence-corrected chi connectivity index (χ3v) is 6.31. The van der Waals surface area contributed by atoms with E-state index in [2.05, 4.69) is 32.9 Å². The summed E-state index contributed by atoms with van der Waals surface area (Å²) in [6.07, 6.45) is 7.34. The number of thiazole rings is 1. The zero-order chi connectivity index (χ0) is 18.5. The first-order valence-electron chi connectivity index (χ1n) is 9.75. The minimum Gasteiger partial charge on any atom is -0.356 e. The predicted octanol–water partition coefficient (Wildman–Crippen LogP) is 2.30. The first-order valence-corrected chi connectivity index (χ1v) is 10.6. The summed E-state index contributed by atoms with van der Waals surface area (Å²) in [7, 11) is 1.80. The molecule has 0 saturated heterocycles. The van der Waals surface area contributed by atoms with Crippen LogP contribution in [0.5, 0.6) is 0 Å². The molecule has 2 atom stereocenters. The van der Waals surface area contributed by atoms with Crippen LogP contribution in [0.4, 0.5) is 0 Å². The molecule has 3 rings (SSSR count). The lowest BCUT2D eigenvalue weighted by atomic mass is 9.85. The number of aryl methyl sites for hydroxylation is 2. The number of rotatable bonds is 6. The molecule has 1 aromatic heterocycles. The molecule has 2 unspecified atom stereocenters. The first-order chi connectivity index (χ1) is 12.5. The van der Waals surface area contributed by atoms with Crippen LogP contribution in [0.3, 0.4) is 0 Å². The molecule has 3 N–H and O–H groups in total. The second-order valence-corrected chi connectivity index (χ2v) is 8.77. The maximum absolute atomic E-state index is 12.3. The highest BCUT2D eigenvalue weighted by atomic mass is 32.1. The van der Waals surface area contributed by atoms with Gasteiger partial charge in [0.25, 0.3) is 0 Å². The molecule has 0 aromatic carbocycles. The second kappa shape index (κ2) is 8.84. The molecule has 0 radical (unpaired) electrons. The molecule has 2 aliphatic carbocycles. The van der Waals surface area contributed by atoms with Gasteiger partial charge in [0, 0.05) is 42.9 Å². The van der Waals surface area contributed by atoms with E-state index in [1.165, 1.54) is 4.88 Å². The Labute approximate surface area is 160 Å². The van der Waals surface area contributed by atoms with Gasteiger partial charge in [-0.05, 0) is 46.0 Å². The molecule has 26 heavy (non-hydrogen) atoms. The molecule has 6 nitrogen and oxygen atoms in total. The average molecular weight is 378 g/mol. The molecule has 144 valence electrons. The third kappa shape index (κ3) is 5.43. The summed E-state index contributed by atoms with van der Waals surface area (Å²) in [6.45, 7) is 4.95. The van der Waals surface area contributed by atoms with Gasteiger partial charge < -0.3 is 16.0 Å². The van der Waals surface area contributed by atoms with Crippen LogP contribution in [-0.4, -0.2) is 42.5 Å². The fourth-order valence-corrected chi connectivity index (χ4v) is 4.53. The minimum absolute atomic E-state index is 0.141. The summed E-state index contributed by atoms with van der Waals surface area (Å²) >= 11 is 1.77. The number of nitrogens with zero attached hydrogens (tertiary/aromatic N) is 2. The molecule has 1 aromatic rings. The van der Waals surface area contributed by atoms with Gasteiger partial charge in [0.05, 0.1) is 10.7 Å². The highest BCUT2D eigenvalue weighted by Crippen LogP contribution is 2.26. The normalized spacial score (nSPS) is 23.6. The van der Waals surface area contributed by atoms with E-state index in [1.807, 2.05) is 6.92 Å². The van der Waals surface area contributed by atoms with Gasteiger partial charge in [-0.1, -0.05) is 6.42 Å². The lowest BCUT2D eigenvalue weighted by molar-refractivity contribution is -0.126. The Balaban J connectivity index is 1.43. The summed E-state index contributed by atoms with van der Waals surface area (Å²) in [5.41, 5.74) is 1.13. The van der Waals surface area contributed by atoms with Gasteiger partial charge >= 0.3 is 0 Å². The van der Waals surface area contributed by atoms with Crippen molar-refractivity contribution in [2.75, 3.05) is 13.6 Å². The maximum atomic E-state index is 12.3. The van der Waals surface area contributed by atoms with E-state index < -0.39 is 0 Å². The van der Waals surface area contributed by atoms with Gasteiger partial charge in [-0.3, -0.25) is 9.79 Å². The highest BCUT2D eigenvalue weighted by molar-refractivity contribution is 7.11. The van der Waals surface area contributed by atoms with Crippen LogP contribution < -0.4 is 16.0 Å². The van der Waals surface area contributed by atoms with Crippen LogP contribution >= 0.6 is 11.3 Å². The lowest BCUT2D eigenvalue weighted by Gasteiger charge is -2.30. The van der Waals surface area contributed by atoms with Crippen molar-refractivity contribution >= 4 is 23.2 Å². The molecule has 2 saturated carbocycles. The number of carbonyl (C=O) groups is 1. The Morgan fingerprint density at radius 3 is 2.65 bits per heavy atom. The third-order valence-electron chi connectivity index (χ3n) is 5.18. The lowest BCUT2D eigenvalue weighted by Crippen LogP contribution is -2.47. The molecule has 1 heterocycles. The largest absolute Gasteiger partial charge is 0.356 e. The number of amides is 1. The second-order valence-electron chi connectivity index (χ2n) is 7.48. The van der Waals surface area contributed by atoms with Crippen LogP contribution in [0.1, 0.15) is 54.1 Å². The van der Waals surface area contributed by atoms with Crippen molar-refractivity contribution in [2.45, 2.75) is 70.9 Å². The fraction of sp³-hybridized carbons (Fsp3) is 0.737. The Morgan fingerprint density at radius 2 is 2.00 bits per heavy atom. The highest BCUT2D eigenvalue weighted by Gasteiger charge is 2.31. The van der Waals surface area contributed by atoms with Gasteiger partial charge in [0.15, 0.2) is 5.96 Å². The zero-order valence-corrected chi connectivity index (χ0v) is 16.9. The number of nitrogens with one attached hydrogen (secondary N) is 3. The summed E-state index contributed by atoms with van der Waals surface area (Å²) in [4.78, 5) is 22.5. The molecule has 1 amide bonds. The number of aromatic nitrogens is 1. The summed E-state index contributed by atoms with van der Waals surface area (Å²) in [5.74, 6) is 1.22. The molecule has 0 spiro atoms. The number of hydrogen-bond acceptors (Lipinski definition) is 4. The average Bonchev–Trinajstić information content (AvgIpc) is 3.37.